The molecule has 1 aliphatic heterocycles. The van der Waals surface area contributed by atoms with Crippen molar-refractivity contribution in [1.29, 1.82) is 0 Å². The van der Waals surface area contributed by atoms with E-state index in [9.17, 15) is 4.79 Å². The van der Waals surface area contributed by atoms with Crippen molar-refractivity contribution in [1.82, 2.24) is 19.9 Å². The highest BCUT2D eigenvalue weighted by atomic mass is 16.5. The molecule has 1 aliphatic carbocycles. The smallest absolute Gasteiger partial charge is 0.226 e. The maximum Gasteiger partial charge on any atom is 0.226 e. The third kappa shape index (κ3) is 5.16. The Morgan fingerprint density at radius 3 is 2.88 bits per heavy atom. The average molecular weight is 361 g/mol. The molecular formula is C20H32N4O2. The lowest BCUT2D eigenvalue weighted by Crippen LogP contribution is -2.37. The zero-order valence-electron chi connectivity index (χ0n) is 16.2. The fourth-order valence-corrected chi connectivity index (χ4v) is 4.15. The maximum atomic E-state index is 12.7. The highest BCUT2D eigenvalue weighted by Gasteiger charge is 2.25. The standard InChI is InChI=1S/C20H32N4O2/c1-3-23(15-19-21-16(2)26-22-19)18-10-7-12-24(13-11-18)20(25)14-17-8-5-4-6-9-17/h8,18H,3-7,9-15H2,1-2H3. The first kappa shape index (κ1) is 19.1. The number of hydrogen-bond acceptors (Lipinski definition) is 5. The summed E-state index contributed by atoms with van der Waals surface area (Å²) in [6.07, 6.45) is 10.9. The van der Waals surface area contributed by atoms with E-state index in [4.69, 9.17) is 4.52 Å². The normalized spacial score (nSPS) is 21.6. The number of likely N-dealkylation sites (tertiary alicyclic amines) is 1. The van der Waals surface area contributed by atoms with E-state index in [1.165, 1.54) is 18.4 Å². The Morgan fingerprint density at radius 2 is 2.19 bits per heavy atom. The van der Waals surface area contributed by atoms with Gasteiger partial charge in [0.25, 0.3) is 0 Å². The van der Waals surface area contributed by atoms with Crippen LogP contribution in [0.2, 0.25) is 0 Å². The van der Waals surface area contributed by atoms with Gasteiger partial charge in [-0.15, -0.1) is 0 Å². The quantitative estimate of drug-likeness (QED) is 0.727. The van der Waals surface area contributed by atoms with Crippen LogP contribution in [0.15, 0.2) is 16.2 Å². The molecule has 1 amide bonds. The minimum Gasteiger partial charge on any atom is -0.342 e. The van der Waals surface area contributed by atoms with Crippen LogP contribution >= 0.6 is 0 Å². The molecule has 6 nitrogen and oxygen atoms in total. The van der Waals surface area contributed by atoms with Crippen LogP contribution in [-0.4, -0.2) is 51.5 Å². The summed E-state index contributed by atoms with van der Waals surface area (Å²) in [5, 5.41) is 4.03. The van der Waals surface area contributed by atoms with Gasteiger partial charge in [-0.2, -0.15) is 4.98 Å². The molecule has 26 heavy (non-hydrogen) atoms. The predicted octanol–water partition coefficient (Wildman–Crippen LogP) is 3.47. The summed E-state index contributed by atoms with van der Waals surface area (Å²) in [7, 11) is 0. The molecule has 0 spiro atoms. The fraction of sp³-hybridized carbons (Fsp3) is 0.750. The molecule has 1 saturated heterocycles. The average Bonchev–Trinajstić information content (AvgIpc) is 2.91. The number of nitrogens with zero attached hydrogens (tertiary/aromatic N) is 4. The van der Waals surface area contributed by atoms with Gasteiger partial charge in [-0.1, -0.05) is 23.7 Å². The lowest BCUT2D eigenvalue weighted by molar-refractivity contribution is -0.130. The van der Waals surface area contributed by atoms with Crippen LogP contribution in [0.1, 0.15) is 70.0 Å². The summed E-state index contributed by atoms with van der Waals surface area (Å²) >= 11 is 0. The Labute approximate surface area is 156 Å². The number of rotatable bonds is 6. The lowest BCUT2D eigenvalue weighted by atomic mass is 9.97. The van der Waals surface area contributed by atoms with Crippen LogP contribution in [0, 0.1) is 6.92 Å². The second-order valence-corrected chi connectivity index (χ2v) is 7.54. The molecule has 1 unspecified atom stereocenters. The minimum absolute atomic E-state index is 0.315. The number of carbonyl (C=O) groups excluding carboxylic acids is 1. The van der Waals surface area contributed by atoms with Gasteiger partial charge in [0.05, 0.1) is 6.54 Å². The van der Waals surface area contributed by atoms with Crippen molar-refractivity contribution < 1.29 is 9.32 Å². The third-order valence-corrected chi connectivity index (χ3v) is 5.65. The van der Waals surface area contributed by atoms with Crippen molar-refractivity contribution in [2.45, 2.75) is 77.8 Å². The van der Waals surface area contributed by atoms with Gasteiger partial charge in [0.1, 0.15) is 0 Å². The van der Waals surface area contributed by atoms with E-state index in [-0.39, 0.29) is 0 Å². The molecule has 0 aromatic carbocycles. The summed E-state index contributed by atoms with van der Waals surface area (Å²) < 4.78 is 5.10. The van der Waals surface area contributed by atoms with Gasteiger partial charge >= 0.3 is 0 Å². The number of hydrogen-bond donors (Lipinski definition) is 0. The molecule has 1 atom stereocenters. The topological polar surface area (TPSA) is 62.5 Å². The second kappa shape index (κ2) is 9.31. The van der Waals surface area contributed by atoms with Crippen LogP contribution < -0.4 is 0 Å². The maximum absolute atomic E-state index is 12.7. The zero-order valence-corrected chi connectivity index (χ0v) is 16.2. The van der Waals surface area contributed by atoms with E-state index in [0.29, 0.717) is 24.3 Å². The van der Waals surface area contributed by atoms with E-state index < -0.39 is 0 Å². The van der Waals surface area contributed by atoms with E-state index in [0.717, 1.165) is 64.1 Å². The molecule has 0 radical (unpaired) electrons. The van der Waals surface area contributed by atoms with Gasteiger partial charge < -0.3 is 9.42 Å². The van der Waals surface area contributed by atoms with Crippen LogP contribution in [0.3, 0.4) is 0 Å². The fourth-order valence-electron chi connectivity index (χ4n) is 4.15. The minimum atomic E-state index is 0.315. The van der Waals surface area contributed by atoms with E-state index in [2.05, 4.69) is 32.9 Å². The molecule has 144 valence electrons. The van der Waals surface area contributed by atoms with Crippen LogP contribution in [0.5, 0.6) is 0 Å². The van der Waals surface area contributed by atoms with Gasteiger partial charge in [0.2, 0.25) is 11.8 Å². The Hall–Kier alpha value is -1.69. The number of carbonyl (C=O) groups is 1. The van der Waals surface area contributed by atoms with Crippen molar-refractivity contribution in [3.8, 4) is 0 Å². The third-order valence-electron chi connectivity index (χ3n) is 5.65. The molecule has 2 heterocycles. The molecule has 2 aliphatic rings. The van der Waals surface area contributed by atoms with Gasteiger partial charge in [0, 0.05) is 32.5 Å². The van der Waals surface area contributed by atoms with Crippen LogP contribution in [0.4, 0.5) is 0 Å². The molecule has 6 heteroatoms. The number of aryl methyl sites for hydroxylation is 1. The first-order chi connectivity index (χ1) is 12.7. The first-order valence-electron chi connectivity index (χ1n) is 10.1. The number of amides is 1. The van der Waals surface area contributed by atoms with Crippen molar-refractivity contribution in [3.05, 3.63) is 23.4 Å². The monoisotopic (exact) mass is 360 g/mol. The lowest BCUT2D eigenvalue weighted by Gasteiger charge is -2.29. The Kier molecular flexibility index (Phi) is 6.83. The Balaban J connectivity index is 1.53. The summed E-state index contributed by atoms with van der Waals surface area (Å²) in [5.41, 5.74) is 1.35. The zero-order chi connectivity index (χ0) is 18.4. The molecular weight excluding hydrogens is 328 g/mol. The molecule has 0 saturated carbocycles. The van der Waals surface area contributed by atoms with E-state index in [1.54, 1.807) is 0 Å². The summed E-state index contributed by atoms with van der Waals surface area (Å²) in [4.78, 5) is 21.5. The van der Waals surface area contributed by atoms with Gasteiger partial charge in [-0.05, 0) is 51.5 Å². The largest absolute Gasteiger partial charge is 0.342 e. The Bertz CT molecular complexity index is 625. The highest BCUT2D eigenvalue weighted by molar-refractivity contribution is 5.78. The van der Waals surface area contributed by atoms with Crippen LogP contribution in [0.25, 0.3) is 0 Å². The molecule has 1 aromatic rings. The van der Waals surface area contributed by atoms with Crippen LogP contribution in [-0.2, 0) is 11.3 Å². The van der Waals surface area contributed by atoms with Crippen molar-refractivity contribution in [3.63, 3.8) is 0 Å². The molecule has 3 rings (SSSR count). The van der Waals surface area contributed by atoms with E-state index in [1.807, 2.05) is 6.92 Å². The van der Waals surface area contributed by atoms with Crippen molar-refractivity contribution >= 4 is 5.91 Å². The molecule has 0 bridgehead atoms. The van der Waals surface area contributed by atoms with E-state index >= 15 is 0 Å². The first-order valence-corrected chi connectivity index (χ1v) is 10.1. The number of allylic oxidation sites excluding steroid dienone is 1. The van der Waals surface area contributed by atoms with Gasteiger partial charge in [-0.25, -0.2) is 0 Å². The van der Waals surface area contributed by atoms with Gasteiger partial charge in [0.15, 0.2) is 5.82 Å². The number of aromatic nitrogens is 2. The van der Waals surface area contributed by atoms with Gasteiger partial charge in [-0.3, -0.25) is 9.69 Å². The van der Waals surface area contributed by atoms with Crippen molar-refractivity contribution in [2.75, 3.05) is 19.6 Å². The highest BCUT2D eigenvalue weighted by Crippen LogP contribution is 2.23. The van der Waals surface area contributed by atoms with Crippen molar-refractivity contribution in [2.24, 2.45) is 0 Å². The SMILES string of the molecule is CCN(Cc1noc(C)n1)C1CCCN(C(=O)CC2=CCCCC2)CC1. The molecule has 1 fully saturated rings. The molecule has 1 aromatic heterocycles. The summed E-state index contributed by atoms with van der Waals surface area (Å²) in [6, 6.07) is 0.477. The second-order valence-electron chi connectivity index (χ2n) is 7.54. The predicted molar refractivity (Wildman–Crippen MR) is 101 cm³/mol. The summed E-state index contributed by atoms with van der Waals surface area (Å²) in [5.74, 6) is 1.69. The summed E-state index contributed by atoms with van der Waals surface area (Å²) in [6.45, 7) is 7.43. The Morgan fingerprint density at radius 1 is 1.31 bits per heavy atom. The molecule has 0 N–H and O–H groups in total.